The van der Waals surface area contributed by atoms with Gasteiger partial charge in [0.05, 0.1) is 17.9 Å². The second-order valence-electron chi connectivity index (χ2n) is 4.03. The Bertz CT molecular complexity index is 612. The van der Waals surface area contributed by atoms with Crippen LogP contribution in [0.1, 0.15) is 17.8 Å². The summed E-state index contributed by atoms with van der Waals surface area (Å²) in [6.07, 6.45) is 7.79. The van der Waals surface area contributed by atoms with Crippen molar-refractivity contribution in [3.05, 3.63) is 35.4 Å². The summed E-state index contributed by atoms with van der Waals surface area (Å²) >= 11 is 7.28. The second kappa shape index (κ2) is 5.07. The Morgan fingerprint density at radius 2 is 2.22 bits per heavy atom. The van der Waals surface area contributed by atoms with Crippen molar-refractivity contribution >= 4 is 27.9 Å². The number of nitrogens with zero attached hydrogens (tertiary/aromatic N) is 5. The van der Waals surface area contributed by atoms with Gasteiger partial charge in [0.1, 0.15) is 0 Å². The first kappa shape index (κ1) is 11.7. The molecular formula is C11H12ClN5S. The Morgan fingerprint density at radius 1 is 1.28 bits per heavy atom. The van der Waals surface area contributed by atoms with Crippen molar-refractivity contribution < 1.29 is 0 Å². The molecule has 0 aliphatic rings. The van der Waals surface area contributed by atoms with E-state index in [0.29, 0.717) is 12.4 Å². The maximum atomic E-state index is 5.65. The fourth-order valence-electron chi connectivity index (χ4n) is 1.80. The molecule has 0 aliphatic heterocycles. The molecule has 0 N–H and O–H groups in total. The molecule has 3 heterocycles. The largest absolute Gasteiger partial charge is 0.297 e. The smallest absolute Gasteiger partial charge is 0.193 e. The first-order chi connectivity index (χ1) is 8.85. The highest BCUT2D eigenvalue weighted by molar-refractivity contribution is 7.15. The molecule has 94 valence electrons. The van der Waals surface area contributed by atoms with Gasteiger partial charge in [0.2, 0.25) is 0 Å². The van der Waals surface area contributed by atoms with E-state index in [1.165, 1.54) is 0 Å². The molecule has 0 amide bonds. The number of rotatable bonds is 5. The number of aromatic nitrogens is 5. The van der Waals surface area contributed by atoms with Crippen molar-refractivity contribution in [2.24, 2.45) is 0 Å². The Hall–Kier alpha value is -1.40. The van der Waals surface area contributed by atoms with E-state index in [2.05, 4.69) is 15.3 Å². The van der Waals surface area contributed by atoms with Gasteiger partial charge in [-0.15, -0.1) is 28.0 Å². The molecule has 0 spiro atoms. The molecule has 0 radical (unpaired) electrons. The number of aryl methyl sites for hydroxylation is 1. The van der Waals surface area contributed by atoms with Crippen LogP contribution in [0.4, 0.5) is 0 Å². The Kier molecular flexibility index (Phi) is 3.29. The van der Waals surface area contributed by atoms with Crippen LogP contribution in [0, 0.1) is 0 Å². The average Bonchev–Trinajstić information content (AvgIpc) is 3.02. The lowest BCUT2D eigenvalue weighted by Crippen LogP contribution is -2.00. The van der Waals surface area contributed by atoms with E-state index in [4.69, 9.17) is 11.6 Å². The minimum absolute atomic E-state index is 0.655. The lowest BCUT2D eigenvalue weighted by molar-refractivity contribution is 0.640. The Balaban J connectivity index is 1.72. The third-order valence-electron chi connectivity index (χ3n) is 2.62. The van der Waals surface area contributed by atoms with Gasteiger partial charge in [-0.2, -0.15) is 0 Å². The summed E-state index contributed by atoms with van der Waals surface area (Å²) in [7, 11) is 0. The predicted molar refractivity (Wildman–Crippen MR) is 71.2 cm³/mol. The van der Waals surface area contributed by atoms with E-state index >= 15 is 0 Å². The van der Waals surface area contributed by atoms with Gasteiger partial charge in [-0.25, -0.2) is 9.67 Å². The van der Waals surface area contributed by atoms with Crippen molar-refractivity contribution in [3.8, 4) is 0 Å². The van der Waals surface area contributed by atoms with Crippen molar-refractivity contribution in [2.45, 2.75) is 19.4 Å². The zero-order chi connectivity index (χ0) is 12.4. The van der Waals surface area contributed by atoms with Gasteiger partial charge in [0.15, 0.2) is 4.96 Å². The number of imidazole rings is 1. The van der Waals surface area contributed by atoms with Gasteiger partial charge >= 0.3 is 0 Å². The van der Waals surface area contributed by atoms with Crippen molar-refractivity contribution in [1.29, 1.82) is 0 Å². The fourth-order valence-corrected chi connectivity index (χ4v) is 2.65. The number of fused-ring (bicyclic) bond motifs is 1. The molecule has 3 aromatic heterocycles. The third-order valence-corrected chi connectivity index (χ3v) is 3.66. The molecule has 0 fully saturated rings. The molecule has 0 saturated carbocycles. The Labute approximate surface area is 113 Å². The van der Waals surface area contributed by atoms with Crippen LogP contribution >= 0.6 is 22.9 Å². The SMILES string of the molecule is ClCCCc1cn(Cc2cn3ccsc3n2)nn1. The molecule has 7 heteroatoms. The summed E-state index contributed by atoms with van der Waals surface area (Å²) in [5, 5.41) is 10.2. The summed E-state index contributed by atoms with van der Waals surface area (Å²) in [5.41, 5.74) is 1.98. The highest BCUT2D eigenvalue weighted by Crippen LogP contribution is 2.12. The normalized spacial score (nSPS) is 11.4. The minimum atomic E-state index is 0.655. The molecule has 0 saturated heterocycles. The summed E-state index contributed by atoms with van der Waals surface area (Å²) in [5.74, 6) is 0.657. The van der Waals surface area contributed by atoms with E-state index in [-0.39, 0.29) is 0 Å². The summed E-state index contributed by atoms with van der Waals surface area (Å²) in [6, 6.07) is 0. The molecule has 18 heavy (non-hydrogen) atoms. The lowest BCUT2D eigenvalue weighted by atomic mass is 10.3. The minimum Gasteiger partial charge on any atom is -0.297 e. The average molecular weight is 282 g/mol. The van der Waals surface area contributed by atoms with Crippen LogP contribution in [0.5, 0.6) is 0 Å². The van der Waals surface area contributed by atoms with Gasteiger partial charge in [-0.3, -0.25) is 4.40 Å². The second-order valence-corrected chi connectivity index (χ2v) is 5.28. The monoisotopic (exact) mass is 281 g/mol. The number of hydrogen-bond donors (Lipinski definition) is 0. The lowest BCUT2D eigenvalue weighted by Gasteiger charge is -1.94. The van der Waals surface area contributed by atoms with Crippen LogP contribution in [-0.4, -0.2) is 30.3 Å². The van der Waals surface area contributed by atoms with Gasteiger partial charge in [-0.05, 0) is 12.8 Å². The van der Waals surface area contributed by atoms with Crippen LogP contribution < -0.4 is 0 Å². The van der Waals surface area contributed by atoms with Crippen LogP contribution in [0.15, 0.2) is 24.0 Å². The molecule has 0 atom stereocenters. The van der Waals surface area contributed by atoms with Crippen LogP contribution in [-0.2, 0) is 13.0 Å². The van der Waals surface area contributed by atoms with E-state index in [1.54, 1.807) is 11.3 Å². The van der Waals surface area contributed by atoms with E-state index < -0.39 is 0 Å². The standard InChI is InChI=1S/C11H12ClN5S/c12-3-1-2-9-7-17(15-14-9)8-10-6-16-4-5-18-11(16)13-10/h4-7H,1-3,8H2. The molecule has 3 aromatic rings. The molecule has 5 nitrogen and oxygen atoms in total. The van der Waals surface area contributed by atoms with Crippen molar-refractivity contribution in [2.75, 3.05) is 5.88 Å². The van der Waals surface area contributed by atoms with Gasteiger partial charge in [-0.1, -0.05) is 5.21 Å². The fraction of sp³-hybridized carbons (Fsp3) is 0.364. The first-order valence-electron chi connectivity index (χ1n) is 5.71. The maximum Gasteiger partial charge on any atom is 0.193 e. The summed E-state index contributed by atoms with van der Waals surface area (Å²) in [4.78, 5) is 5.52. The quantitative estimate of drug-likeness (QED) is 0.674. The zero-order valence-electron chi connectivity index (χ0n) is 9.66. The van der Waals surface area contributed by atoms with Gasteiger partial charge < -0.3 is 0 Å². The highest BCUT2D eigenvalue weighted by Gasteiger charge is 2.05. The summed E-state index contributed by atoms with van der Waals surface area (Å²) < 4.78 is 3.83. The molecular weight excluding hydrogens is 270 g/mol. The van der Waals surface area contributed by atoms with E-state index in [0.717, 1.165) is 29.2 Å². The molecule has 0 aromatic carbocycles. The first-order valence-corrected chi connectivity index (χ1v) is 7.12. The molecule has 0 aliphatic carbocycles. The van der Waals surface area contributed by atoms with Gasteiger partial charge in [0, 0.05) is 29.9 Å². The van der Waals surface area contributed by atoms with Crippen molar-refractivity contribution in [3.63, 3.8) is 0 Å². The molecule has 3 rings (SSSR count). The van der Waals surface area contributed by atoms with Gasteiger partial charge in [0.25, 0.3) is 0 Å². The number of alkyl halides is 1. The predicted octanol–water partition coefficient (Wildman–Crippen LogP) is 2.21. The maximum absolute atomic E-state index is 5.65. The third kappa shape index (κ3) is 2.39. The van der Waals surface area contributed by atoms with Crippen LogP contribution in [0.3, 0.4) is 0 Å². The van der Waals surface area contributed by atoms with E-state index in [9.17, 15) is 0 Å². The zero-order valence-corrected chi connectivity index (χ0v) is 11.2. The van der Waals surface area contributed by atoms with Crippen LogP contribution in [0.2, 0.25) is 0 Å². The number of hydrogen-bond acceptors (Lipinski definition) is 4. The van der Waals surface area contributed by atoms with Crippen molar-refractivity contribution in [1.82, 2.24) is 24.4 Å². The molecule has 0 bridgehead atoms. The number of thiazole rings is 1. The number of halogens is 1. The van der Waals surface area contributed by atoms with E-state index in [1.807, 2.05) is 33.1 Å². The topological polar surface area (TPSA) is 48.0 Å². The highest BCUT2D eigenvalue weighted by atomic mass is 35.5. The summed E-state index contributed by atoms with van der Waals surface area (Å²) in [6.45, 7) is 0.655. The van der Waals surface area contributed by atoms with Crippen LogP contribution in [0.25, 0.3) is 4.96 Å². The molecule has 0 unspecified atom stereocenters. The Morgan fingerprint density at radius 3 is 3.06 bits per heavy atom.